The molecule has 1 rings (SSSR count). The van der Waals surface area contributed by atoms with Gasteiger partial charge in [0.05, 0.1) is 17.9 Å². The molecular weight excluding hydrogens is 340 g/mol. The number of hydrogen-bond donors (Lipinski definition) is 5. The van der Waals surface area contributed by atoms with Gasteiger partial charge < -0.3 is 26.0 Å². The minimum atomic E-state index is -0.432. The zero-order valence-electron chi connectivity index (χ0n) is 17.2. The third-order valence-corrected chi connectivity index (χ3v) is 4.87. The van der Waals surface area contributed by atoms with E-state index in [2.05, 4.69) is 24.5 Å². The predicted molar refractivity (Wildman–Crippen MR) is 115 cm³/mol. The van der Waals surface area contributed by atoms with Crippen LogP contribution in [0.3, 0.4) is 0 Å². The third-order valence-electron chi connectivity index (χ3n) is 4.87. The van der Waals surface area contributed by atoms with Crippen molar-refractivity contribution in [3.05, 3.63) is 18.2 Å². The van der Waals surface area contributed by atoms with Gasteiger partial charge in [0.1, 0.15) is 11.4 Å². The fourth-order valence-electron chi connectivity index (χ4n) is 3.14. The molecule has 0 aliphatic carbocycles. The maximum atomic E-state index is 10.2. The first-order valence-electron chi connectivity index (χ1n) is 10.7. The molecule has 0 aliphatic rings. The molecule has 27 heavy (non-hydrogen) atoms. The van der Waals surface area contributed by atoms with Crippen molar-refractivity contribution >= 4 is 11.4 Å². The second kappa shape index (κ2) is 14.6. The predicted octanol–water partition coefficient (Wildman–Crippen LogP) is 4.88. The molecule has 0 spiro atoms. The smallest absolute Gasteiger partial charge is 0.140 e. The Morgan fingerprint density at radius 1 is 0.778 bits per heavy atom. The van der Waals surface area contributed by atoms with Gasteiger partial charge in [-0.15, -0.1) is 0 Å². The number of unbranched alkanes of at least 4 members (excludes halogenated alkanes) is 6. The van der Waals surface area contributed by atoms with Crippen LogP contribution in [0.1, 0.15) is 78.1 Å². The molecular formula is C22H40N2O3. The van der Waals surface area contributed by atoms with Crippen molar-refractivity contribution in [2.45, 2.75) is 90.3 Å². The summed E-state index contributed by atoms with van der Waals surface area (Å²) < 4.78 is 0. The molecule has 0 saturated heterocycles. The Kier molecular flexibility index (Phi) is 12.7. The zero-order valence-corrected chi connectivity index (χ0v) is 17.2. The Hall–Kier alpha value is -1.46. The van der Waals surface area contributed by atoms with E-state index in [1.165, 1.54) is 25.7 Å². The second-order valence-electron chi connectivity index (χ2n) is 7.47. The fraction of sp³-hybridized carbons (Fsp3) is 0.727. The molecule has 0 aliphatic heterocycles. The SMILES string of the molecule is CCCCCCC(O)CNc1cccc(O)c1NCC(O)CCCCCC. The Morgan fingerprint density at radius 2 is 1.33 bits per heavy atom. The Labute approximate surface area is 165 Å². The number of aliphatic hydroxyl groups is 2. The van der Waals surface area contributed by atoms with Crippen LogP contribution in [0.15, 0.2) is 18.2 Å². The van der Waals surface area contributed by atoms with Gasteiger partial charge in [-0.3, -0.25) is 0 Å². The molecule has 156 valence electrons. The van der Waals surface area contributed by atoms with E-state index in [1.54, 1.807) is 12.1 Å². The lowest BCUT2D eigenvalue weighted by atomic mass is 10.1. The molecule has 5 N–H and O–H groups in total. The maximum absolute atomic E-state index is 10.2. The number of nitrogens with one attached hydrogen (secondary N) is 2. The van der Waals surface area contributed by atoms with Crippen LogP contribution in [0.25, 0.3) is 0 Å². The van der Waals surface area contributed by atoms with Gasteiger partial charge in [0.2, 0.25) is 0 Å². The van der Waals surface area contributed by atoms with E-state index >= 15 is 0 Å². The molecule has 5 nitrogen and oxygen atoms in total. The first-order chi connectivity index (χ1) is 13.1. The summed E-state index contributed by atoms with van der Waals surface area (Å²) in [4.78, 5) is 0. The molecule has 1 aromatic carbocycles. The maximum Gasteiger partial charge on any atom is 0.140 e. The first kappa shape index (κ1) is 23.6. The van der Waals surface area contributed by atoms with Crippen molar-refractivity contribution < 1.29 is 15.3 Å². The average molecular weight is 381 g/mol. The largest absolute Gasteiger partial charge is 0.506 e. The summed E-state index contributed by atoms with van der Waals surface area (Å²) in [5, 5.41) is 36.8. The topological polar surface area (TPSA) is 84.8 Å². The summed E-state index contributed by atoms with van der Waals surface area (Å²) in [6.45, 7) is 5.20. The number of hydrogen-bond acceptors (Lipinski definition) is 5. The third kappa shape index (κ3) is 10.5. The van der Waals surface area contributed by atoms with E-state index in [9.17, 15) is 15.3 Å². The van der Waals surface area contributed by atoms with Gasteiger partial charge in [-0.2, -0.15) is 0 Å². The van der Waals surface area contributed by atoms with Crippen LogP contribution in [0.4, 0.5) is 11.4 Å². The monoisotopic (exact) mass is 380 g/mol. The highest BCUT2D eigenvalue weighted by atomic mass is 16.3. The van der Waals surface area contributed by atoms with E-state index < -0.39 is 12.2 Å². The van der Waals surface area contributed by atoms with Crippen molar-refractivity contribution in [2.24, 2.45) is 0 Å². The van der Waals surface area contributed by atoms with Crippen LogP contribution in [0.2, 0.25) is 0 Å². The molecule has 1 aromatic rings. The first-order valence-corrected chi connectivity index (χ1v) is 10.7. The minimum Gasteiger partial charge on any atom is -0.506 e. The molecule has 0 saturated carbocycles. The summed E-state index contributed by atoms with van der Waals surface area (Å²) in [6.07, 6.45) is 9.86. The standard InChI is InChI=1S/C22H40N2O3/c1-3-5-7-9-12-18(25)16-23-20-14-11-15-21(27)22(20)24-17-19(26)13-10-8-6-4-2/h11,14-15,18-19,23-27H,3-10,12-13,16-17H2,1-2H3. The summed E-state index contributed by atoms with van der Waals surface area (Å²) in [5.41, 5.74) is 1.34. The van der Waals surface area contributed by atoms with Crippen molar-refractivity contribution in [3.63, 3.8) is 0 Å². The molecule has 2 unspecified atom stereocenters. The lowest BCUT2D eigenvalue weighted by Gasteiger charge is -2.19. The number of anilines is 2. The van der Waals surface area contributed by atoms with E-state index in [4.69, 9.17) is 0 Å². The number of aliphatic hydroxyl groups excluding tert-OH is 2. The molecule has 0 amide bonds. The van der Waals surface area contributed by atoms with Gasteiger partial charge in [0, 0.05) is 13.1 Å². The Balaban J connectivity index is 2.44. The van der Waals surface area contributed by atoms with Crippen LogP contribution in [-0.4, -0.2) is 40.6 Å². The number of para-hydroxylation sites is 1. The van der Waals surface area contributed by atoms with Crippen molar-refractivity contribution in [2.75, 3.05) is 23.7 Å². The number of phenolic OH excluding ortho intramolecular Hbond substituents is 1. The molecule has 2 atom stereocenters. The van der Waals surface area contributed by atoms with Crippen molar-refractivity contribution in [3.8, 4) is 5.75 Å². The van der Waals surface area contributed by atoms with E-state index in [0.717, 1.165) is 44.2 Å². The Morgan fingerprint density at radius 3 is 1.89 bits per heavy atom. The van der Waals surface area contributed by atoms with E-state index in [-0.39, 0.29) is 5.75 Å². The summed E-state index contributed by atoms with van der Waals surface area (Å²) in [6, 6.07) is 5.28. The van der Waals surface area contributed by atoms with Gasteiger partial charge in [0.15, 0.2) is 0 Å². The van der Waals surface area contributed by atoms with Crippen molar-refractivity contribution in [1.82, 2.24) is 0 Å². The van der Waals surface area contributed by atoms with Crippen LogP contribution in [-0.2, 0) is 0 Å². The highest BCUT2D eigenvalue weighted by molar-refractivity contribution is 5.75. The molecule has 0 fully saturated rings. The van der Waals surface area contributed by atoms with Crippen LogP contribution in [0, 0.1) is 0 Å². The highest BCUT2D eigenvalue weighted by Crippen LogP contribution is 2.31. The number of phenols is 1. The number of benzene rings is 1. The quantitative estimate of drug-likeness (QED) is 0.208. The molecule has 0 bridgehead atoms. The summed E-state index contributed by atoms with van der Waals surface area (Å²) >= 11 is 0. The molecule has 0 heterocycles. The molecule has 0 aromatic heterocycles. The van der Waals surface area contributed by atoms with E-state index in [0.29, 0.717) is 18.8 Å². The van der Waals surface area contributed by atoms with Crippen LogP contribution in [0.5, 0.6) is 5.75 Å². The number of aromatic hydroxyl groups is 1. The van der Waals surface area contributed by atoms with Gasteiger partial charge in [-0.1, -0.05) is 71.3 Å². The normalized spacial score (nSPS) is 13.3. The second-order valence-corrected chi connectivity index (χ2v) is 7.47. The van der Waals surface area contributed by atoms with Crippen molar-refractivity contribution in [1.29, 1.82) is 0 Å². The summed E-state index contributed by atoms with van der Waals surface area (Å²) in [7, 11) is 0. The highest BCUT2D eigenvalue weighted by Gasteiger charge is 2.11. The van der Waals surface area contributed by atoms with E-state index in [1.807, 2.05) is 6.07 Å². The minimum absolute atomic E-state index is 0.149. The fourth-order valence-corrected chi connectivity index (χ4v) is 3.14. The van der Waals surface area contributed by atoms with Crippen LogP contribution >= 0.6 is 0 Å². The average Bonchev–Trinajstić information content (AvgIpc) is 2.66. The zero-order chi connectivity index (χ0) is 19.9. The lowest BCUT2D eigenvalue weighted by molar-refractivity contribution is 0.172. The number of rotatable bonds is 16. The lowest BCUT2D eigenvalue weighted by Crippen LogP contribution is -2.22. The molecule has 0 radical (unpaired) electrons. The van der Waals surface area contributed by atoms with Gasteiger partial charge in [-0.25, -0.2) is 0 Å². The van der Waals surface area contributed by atoms with Gasteiger partial charge in [-0.05, 0) is 25.0 Å². The van der Waals surface area contributed by atoms with Gasteiger partial charge in [0.25, 0.3) is 0 Å². The Bertz CT molecular complexity index is 496. The van der Waals surface area contributed by atoms with Crippen LogP contribution < -0.4 is 10.6 Å². The summed E-state index contributed by atoms with van der Waals surface area (Å²) in [5.74, 6) is 0.149. The van der Waals surface area contributed by atoms with Gasteiger partial charge >= 0.3 is 0 Å². The molecule has 5 heteroatoms.